The van der Waals surface area contributed by atoms with Crippen molar-refractivity contribution >= 4 is 37.1 Å². The van der Waals surface area contributed by atoms with Crippen LogP contribution in [-0.4, -0.2) is 26.5 Å². The van der Waals surface area contributed by atoms with Crippen molar-refractivity contribution in [2.45, 2.75) is 12.5 Å². The molecule has 0 spiro atoms. The first-order chi connectivity index (χ1) is 6.90. The largest absolute Gasteiger partial charge is 0.271 e. The second kappa shape index (κ2) is 5.40. The fourth-order valence-electron chi connectivity index (χ4n) is 1.24. The lowest BCUT2D eigenvalue weighted by molar-refractivity contribution is 0.548. The summed E-state index contributed by atoms with van der Waals surface area (Å²) in [4.78, 5) is 1.11. The van der Waals surface area contributed by atoms with E-state index in [0.717, 1.165) is 9.35 Å². The van der Waals surface area contributed by atoms with Gasteiger partial charge in [-0.1, -0.05) is 0 Å². The molecule has 0 fully saturated rings. The third-order valence-electron chi connectivity index (χ3n) is 1.81. The lowest BCUT2D eigenvalue weighted by Crippen LogP contribution is -2.41. The number of halogens is 1. The minimum absolute atomic E-state index is 0.0546. The molecule has 0 bridgehead atoms. The molecule has 1 atom stereocenters. The topological polar surface area (TPSA) is 72.2 Å². The monoisotopic (exact) mass is 312 g/mol. The number of thiophene rings is 1. The molecule has 0 amide bonds. The molecular weight excluding hydrogens is 300 g/mol. The van der Waals surface area contributed by atoms with E-state index in [1.807, 2.05) is 11.4 Å². The van der Waals surface area contributed by atoms with Gasteiger partial charge < -0.3 is 0 Å². The number of sulfone groups is 1. The molecule has 1 rings (SSSR count). The fourth-order valence-corrected chi connectivity index (χ4v) is 3.71. The number of rotatable bonds is 5. The Balaban J connectivity index is 2.62. The van der Waals surface area contributed by atoms with Crippen LogP contribution in [-0.2, 0) is 16.3 Å². The molecule has 1 heterocycles. The molecule has 15 heavy (non-hydrogen) atoms. The maximum Gasteiger partial charge on any atom is 0.149 e. The molecule has 0 saturated carbocycles. The maximum atomic E-state index is 11.1. The molecule has 0 aromatic carbocycles. The van der Waals surface area contributed by atoms with E-state index in [-0.39, 0.29) is 11.8 Å². The number of hydrazine groups is 1. The van der Waals surface area contributed by atoms with Gasteiger partial charge in [0, 0.05) is 27.0 Å². The molecule has 86 valence electrons. The Kier molecular flexibility index (Phi) is 4.72. The molecule has 1 aromatic heterocycles. The van der Waals surface area contributed by atoms with Crippen LogP contribution in [0, 0.1) is 0 Å². The van der Waals surface area contributed by atoms with Gasteiger partial charge in [0.1, 0.15) is 9.84 Å². The van der Waals surface area contributed by atoms with Gasteiger partial charge in [0.05, 0.1) is 5.75 Å². The van der Waals surface area contributed by atoms with Crippen LogP contribution < -0.4 is 11.3 Å². The van der Waals surface area contributed by atoms with Crippen molar-refractivity contribution in [3.8, 4) is 0 Å². The molecule has 7 heteroatoms. The van der Waals surface area contributed by atoms with Crippen LogP contribution >= 0.6 is 27.3 Å². The molecule has 0 aliphatic rings. The highest BCUT2D eigenvalue weighted by atomic mass is 79.9. The first-order valence-electron chi connectivity index (χ1n) is 4.27. The third-order valence-corrected chi connectivity index (χ3v) is 4.54. The number of nitrogens with one attached hydrogen (secondary N) is 1. The fraction of sp³-hybridized carbons (Fsp3) is 0.500. The van der Waals surface area contributed by atoms with Gasteiger partial charge in [-0.15, -0.1) is 11.3 Å². The molecule has 4 nitrogen and oxygen atoms in total. The summed E-state index contributed by atoms with van der Waals surface area (Å²) in [6.45, 7) is 0. The summed E-state index contributed by atoms with van der Waals surface area (Å²) in [7, 11) is -3.00. The van der Waals surface area contributed by atoms with Gasteiger partial charge in [0.2, 0.25) is 0 Å². The van der Waals surface area contributed by atoms with Crippen molar-refractivity contribution < 1.29 is 8.42 Å². The van der Waals surface area contributed by atoms with Gasteiger partial charge in [-0.25, -0.2) is 8.42 Å². The molecule has 3 N–H and O–H groups in total. The zero-order valence-corrected chi connectivity index (χ0v) is 11.5. The van der Waals surface area contributed by atoms with Gasteiger partial charge in [0.15, 0.2) is 0 Å². The van der Waals surface area contributed by atoms with Gasteiger partial charge in [0.25, 0.3) is 0 Å². The van der Waals surface area contributed by atoms with Crippen molar-refractivity contribution in [3.05, 3.63) is 20.8 Å². The minimum Gasteiger partial charge on any atom is -0.271 e. The Morgan fingerprint density at radius 3 is 2.73 bits per heavy atom. The predicted molar refractivity (Wildman–Crippen MR) is 66.5 cm³/mol. The lowest BCUT2D eigenvalue weighted by atomic mass is 10.2. The van der Waals surface area contributed by atoms with Crippen LogP contribution in [0.3, 0.4) is 0 Å². The first-order valence-corrected chi connectivity index (χ1v) is 8.01. The third kappa shape index (κ3) is 5.07. The molecule has 0 radical (unpaired) electrons. The van der Waals surface area contributed by atoms with Crippen molar-refractivity contribution in [2.75, 3.05) is 12.0 Å². The number of nitrogens with two attached hydrogens (primary N) is 1. The van der Waals surface area contributed by atoms with E-state index < -0.39 is 9.84 Å². The summed E-state index contributed by atoms with van der Waals surface area (Å²) in [5.74, 6) is 5.37. The summed E-state index contributed by atoms with van der Waals surface area (Å²) < 4.78 is 23.2. The first kappa shape index (κ1) is 13.1. The van der Waals surface area contributed by atoms with Crippen molar-refractivity contribution in [3.63, 3.8) is 0 Å². The zero-order valence-electron chi connectivity index (χ0n) is 8.23. The summed E-state index contributed by atoms with van der Waals surface area (Å²) in [5.41, 5.74) is 2.53. The van der Waals surface area contributed by atoms with Crippen molar-refractivity contribution in [1.82, 2.24) is 5.43 Å². The van der Waals surface area contributed by atoms with Crippen LogP contribution in [0.2, 0.25) is 0 Å². The van der Waals surface area contributed by atoms with Crippen LogP contribution in [0.15, 0.2) is 15.9 Å². The Labute approximate surface area is 102 Å². The van der Waals surface area contributed by atoms with Crippen LogP contribution in [0.5, 0.6) is 0 Å². The Morgan fingerprint density at radius 2 is 2.33 bits per heavy atom. The van der Waals surface area contributed by atoms with E-state index in [9.17, 15) is 8.42 Å². The highest BCUT2D eigenvalue weighted by Gasteiger charge is 2.15. The van der Waals surface area contributed by atoms with Crippen LogP contribution in [0.4, 0.5) is 0 Å². The molecule has 1 aromatic rings. The Bertz CT molecular complexity index is 416. The average molecular weight is 313 g/mol. The van der Waals surface area contributed by atoms with Crippen LogP contribution in [0.25, 0.3) is 0 Å². The number of hydrogen-bond acceptors (Lipinski definition) is 5. The summed E-state index contributed by atoms with van der Waals surface area (Å²) in [6.07, 6.45) is 1.83. The maximum absolute atomic E-state index is 11.1. The summed E-state index contributed by atoms with van der Waals surface area (Å²) >= 11 is 4.93. The van der Waals surface area contributed by atoms with Gasteiger partial charge in [-0.2, -0.15) is 0 Å². The Morgan fingerprint density at radius 1 is 1.67 bits per heavy atom. The molecule has 0 saturated heterocycles. The van der Waals surface area contributed by atoms with Gasteiger partial charge in [-0.3, -0.25) is 11.3 Å². The number of hydrogen-bond donors (Lipinski definition) is 2. The highest BCUT2D eigenvalue weighted by Crippen LogP contribution is 2.21. The van der Waals surface area contributed by atoms with Crippen molar-refractivity contribution in [2.24, 2.45) is 5.84 Å². The molecular formula is C8H13BrN2O2S2. The van der Waals surface area contributed by atoms with Gasteiger partial charge in [-0.05, 0) is 28.4 Å². The zero-order chi connectivity index (χ0) is 11.5. The van der Waals surface area contributed by atoms with E-state index in [0.29, 0.717) is 6.42 Å². The predicted octanol–water partition coefficient (Wildman–Crippen LogP) is 0.930. The standard InChI is InChI=1S/C8H13BrN2O2S2/c1-15(12,13)5-7(11-10)3-8-2-6(9)4-14-8/h2,4,7,11H,3,5,10H2,1H3. The molecule has 0 aliphatic heterocycles. The van der Waals surface area contributed by atoms with E-state index >= 15 is 0 Å². The smallest absolute Gasteiger partial charge is 0.149 e. The van der Waals surface area contributed by atoms with E-state index in [2.05, 4.69) is 21.4 Å². The second-order valence-corrected chi connectivity index (χ2v) is 7.49. The summed E-state index contributed by atoms with van der Waals surface area (Å²) in [5, 5.41) is 1.96. The normalized spacial score (nSPS) is 14.1. The lowest BCUT2D eigenvalue weighted by Gasteiger charge is -2.13. The van der Waals surface area contributed by atoms with Crippen LogP contribution in [0.1, 0.15) is 4.88 Å². The summed E-state index contributed by atoms with van der Waals surface area (Å²) in [6, 6.07) is 1.74. The minimum atomic E-state index is -3.00. The van der Waals surface area contributed by atoms with Crippen molar-refractivity contribution in [1.29, 1.82) is 0 Å². The average Bonchev–Trinajstić information content (AvgIpc) is 2.47. The quantitative estimate of drug-likeness (QED) is 0.627. The second-order valence-electron chi connectivity index (χ2n) is 3.39. The van der Waals surface area contributed by atoms with E-state index in [1.54, 1.807) is 11.3 Å². The Hall–Kier alpha value is 0.0500. The molecule has 1 unspecified atom stereocenters. The SMILES string of the molecule is CS(=O)(=O)CC(Cc1cc(Br)cs1)NN. The van der Waals surface area contributed by atoms with E-state index in [4.69, 9.17) is 5.84 Å². The van der Waals surface area contributed by atoms with E-state index in [1.165, 1.54) is 6.26 Å². The van der Waals surface area contributed by atoms with Gasteiger partial charge >= 0.3 is 0 Å². The highest BCUT2D eigenvalue weighted by molar-refractivity contribution is 9.10. The molecule has 0 aliphatic carbocycles.